The summed E-state index contributed by atoms with van der Waals surface area (Å²) in [4.78, 5) is 23.5. The van der Waals surface area contributed by atoms with Gasteiger partial charge in [0.25, 0.3) is 0 Å². The molecule has 112 valence electrons. The molecule has 0 radical (unpaired) electrons. The van der Waals surface area contributed by atoms with E-state index in [4.69, 9.17) is 9.84 Å². The van der Waals surface area contributed by atoms with Gasteiger partial charge in [0, 0.05) is 0 Å². The van der Waals surface area contributed by atoms with Crippen LogP contribution in [0.15, 0.2) is 30.3 Å². The van der Waals surface area contributed by atoms with Crippen molar-refractivity contribution in [3.63, 3.8) is 0 Å². The molecule has 0 saturated carbocycles. The monoisotopic (exact) mass is 300 g/mol. The Bertz CT molecular complexity index is 409. The summed E-state index contributed by atoms with van der Waals surface area (Å²) in [6.07, 6.45) is -0.758. The van der Waals surface area contributed by atoms with E-state index >= 15 is 0 Å². The predicted octanol–water partition coefficient (Wildman–Crippen LogP) is 1.38. The zero-order valence-electron chi connectivity index (χ0n) is 11.9. The number of hydrogen-bond acceptors (Lipinski definition) is 4. The molecule has 0 spiro atoms. The highest BCUT2D eigenvalue weighted by Crippen LogP contribution is 2.01. The number of carbonyl (C=O) groups excluding carboxylic acids is 1. The Kier molecular flexibility index (Phi) is 9.34. The third-order valence-electron chi connectivity index (χ3n) is 1.75. The Balaban J connectivity index is 0.000000796. The van der Waals surface area contributed by atoms with Crippen molar-refractivity contribution in [1.29, 1.82) is 0 Å². The fourth-order valence-corrected chi connectivity index (χ4v) is 1.09. The summed E-state index contributed by atoms with van der Waals surface area (Å²) >= 11 is 0. The molecule has 0 heterocycles. The summed E-state index contributed by atoms with van der Waals surface area (Å²) in [5.41, 5.74) is 0.841. The molecule has 2 atom stereocenters. The van der Waals surface area contributed by atoms with Crippen LogP contribution in [0.5, 0.6) is 0 Å². The van der Waals surface area contributed by atoms with Crippen LogP contribution in [0.3, 0.4) is 0 Å². The lowest BCUT2D eigenvalue weighted by Gasteiger charge is -2.09. The Morgan fingerprint density at radius 2 is 1.80 bits per heavy atom. The molecule has 0 saturated heterocycles. The average Bonchev–Trinajstić information content (AvgIpc) is 2.36. The highest BCUT2D eigenvalue weighted by Gasteiger charge is 2.14. The van der Waals surface area contributed by atoms with Crippen molar-refractivity contribution in [3.05, 3.63) is 35.9 Å². The third kappa shape index (κ3) is 10.3. The second-order valence-electron chi connectivity index (χ2n) is 4.36. The van der Waals surface area contributed by atoms with Crippen LogP contribution in [0.25, 0.3) is 0 Å². The van der Waals surface area contributed by atoms with E-state index in [2.05, 4.69) is 5.32 Å². The first-order valence-corrected chi connectivity index (χ1v) is 6.56. The fourth-order valence-electron chi connectivity index (χ4n) is 0.953. The molecule has 6 nitrogen and oxygen atoms in total. The molecule has 0 aliphatic rings. The van der Waals surface area contributed by atoms with Gasteiger partial charge in [0.15, 0.2) is 0 Å². The number of carbonyl (C=O) groups is 2. The van der Waals surface area contributed by atoms with Crippen molar-refractivity contribution < 1.29 is 19.4 Å². The first-order valence-electron chi connectivity index (χ1n) is 5.89. The quantitative estimate of drug-likeness (QED) is 0.821. The maximum absolute atomic E-state index is 11.1. The Morgan fingerprint density at radius 1 is 1.30 bits per heavy atom. The van der Waals surface area contributed by atoms with Crippen LogP contribution < -0.4 is 5.32 Å². The number of ether oxygens (including phenoxy) is 1. The van der Waals surface area contributed by atoms with E-state index in [1.165, 1.54) is 0 Å². The molecule has 1 aromatic carbocycles. The fraction of sp³-hybridized carbons (Fsp3) is 0.385. The molecule has 0 bridgehead atoms. The number of hydrogen-bond donors (Lipinski definition) is 2. The highest BCUT2D eigenvalue weighted by molar-refractivity contribution is 7.19. The van der Waals surface area contributed by atoms with Crippen LogP contribution in [0.1, 0.15) is 5.56 Å². The minimum Gasteiger partial charge on any atom is -0.479 e. The predicted molar refractivity (Wildman–Crippen MR) is 80.5 cm³/mol. The van der Waals surface area contributed by atoms with Crippen LogP contribution >= 0.6 is 9.24 Å². The molecule has 0 aliphatic carbocycles. The van der Waals surface area contributed by atoms with Gasteiger partial charge in [-0.15, -0.1) is 9.24 Å². The third-order valence-corrected chi connectivity index (χ3v) is 2.20. The molecular weight excluding hydrogens is 279 g/mol. The molecule has 20 heavy (non-hydrogen) atoms. The van der Waals surface area contributed by atoms with E-state index in [9.17, 15) is 9.59 Å². The van der Waals surface area contributed by atoms with Crippen molar-refractivity contribution in [2.24, 2.45) is 0 Å². The molecule has 2 N–H and O–H groups in total. The normalized spacial score (nSPS) is 11.1. The number of rotatable bonds is 4. The van der Waals surface area contributed by atoms with Crippen LogP contribution in [-0.4, -0.2) is 49.0 Å². The molecule has 0 fully saturated rings. The minimum absolute atomic E-state index is 0.115. The topological polar surface area (TPSA) is 78.9 Å². The van der Waals surface area contributed by atoms with Gasteiger partial charge in [0.2, 0.25) is 0 Å². The van der Waals surface area contributed by atoms with Crippen molar-refractivity contribution in [2.75, 3.05) is 21.1 Å². The van der Waals surface area contributed by atoms with Crippen molar-refractivity contribution in [3.8, 4) is 0 Å². The van der Waals surface area contributed by atoms with E-state index in [-0.39, 0.29) is 6.61 Å². The van der Waals surface area contributed by atoms with E-state index in [1.807, 2.05) is 65.6 Å². The van der Waals surface area contributed by atoms with Crippen LogP contribution in [0, 0.1) is 0 Å². The molecule has 0 aliphatic heterocycles. The second kappa shape index (κ2) is 10.2. The number of nitrogens with zero attached hydrogens (tertiary/aromatic N) is 1. The second-order valence-corrected chi connectivity index (χ2v) is 5.03. The molecule has 1 rings (SSSR count). The Labute approximate surface area is 121 Å². The Morgan fingerprint density at radius 3 is 2.25 bits per heavy atom. The zero-order valence-corrected chi connectivity index (χ0v) is 13.0. The molecule has 1 amide bonds. The number of carboxylic acid groups (broad SMARTS) is 1. The minimum atomic E-state index is -1.14. The molecular formula is C13H21N2O4P. The lowest BCUT2D eigenvalue weighted by molar-refractivity contribution is -0.136. The number of amides is 1. The summed E-state index contributed by atoms with van der Waals surface area (Å²) in [7, 11) is 7.99. The Hall–Kier alpha value is -1.65. The van der Waals surface area contributed by atoms with Gasteiger partial charge in [-0.05, 0) is 26.7 Å². The molecule has 2 unspecified atom stereocenters. The first kappa shape index (κ1) is 18.4. The van der Waals surface area contributed by atoms with Crippen LogP contribution in [0.4, 0.5) is 4.79 Å². The maximum Gasteiger partial charge on any atom is 0.408 e. The zero-order chi connectivity index (χ0) is 15.5. The molecule has 1 aromatic rings. The van der Waals surface area contributed by atoms with Crippen molar-refractivity contribution in [2.45, 2.75) is 12.4 Å². The van der Waals surface area contributed by atoms with Gasteiger partial charge in [-0.3, -0.25) is 0 Å². The summed E-state index contributed by atoms with van der Waals surface area (Å²) in [6.45, 7) is 0.115. The standard InChI is InChI=1S/C10H12NO4P.C3H9N/c12-9(13)8(16)11-10(14)15-6-7-4-2-1-3-5-7;1-4(2)3/h1-5,8H,6,16H2,(H,11,14)(H,12,13);1-3H3. The van der Waals surface area contributed by atoms with Crippen LogP contribution in [0.2, 0.25) is 0 Å². The van der Waals surface area contributed by atoms with Crippen molar-refractivity contribution >= 4 is 21.3 Å². The molecule has 0 aromatic heterocycles. The summed E-state index contributed by atoms with van der Waals surface area (Å²) in [6, 6.07) is 9.12. The van der Waals surface area contributed by atoms with E-state index in [0.717, 1.165) is 5.56 Å². The van der Waals surface area contributed by atoms with E-state index in [1.54, 1.807) is 0 Å². The van der Waals surface area contributed by atoms with Crippen molar-refractivity contribution in [1.82, 2.24) is 10.2 Å². The number of carboxylic acids is 1. The van der Waals surface area contributed by atoms with Gasteiger partial charge in [-0.1, -0.05) is 30.3 Å². The smallest absolute Gasteiger partial charge is 0.408 e. The van der Waals surface area contributed by atoms with Gasteiger partial charge in [-0.25, -0.2) is 9.59 Å². The molecule has 7 heteroatoms. The van der Waals surface area contributed by atoms with Gasteiger partial charge in [-0.2, -0.15) is 0 Å². The highest BCUT2D eigenvalue weighted by atomic mass is 31.0. The van der Waals surface area contributed by atoms with E-state index in [0.29, 0.717) is 0 Å². The maximum atomic E-state index is 11.1. The number of alkyl carbamates (subject to hydrolysis) is 1. The summed E-state index contributed by atoms with van der Waals surface area (Å²) in [5, 5.41) is 10.7. The van der Waals surface area contributed by atoms with E-state index < -0.39 is 17.8 Å². The number of nitrogens with one attached hydrogen (secondary N) is 1. The largest absolute Gasteiger partial charge is 0.479 e. The summed E-state index contributed by atoms with van der Waals surface area (Å²) in [5.74, 6) is -2.18. The van der Waals surface area contributed by atoms with Gasteiger partial charge < -0.3 is 20.1 Å². The van der Waals surface area contributed by atoms with Gasteiger partial charge >= 0.3 is 12.1 Å². The lowest BCUT2D eigenvalue weighted by atomic mass is 10.2. The SMILES string of the molecule is CN(C)C.O=C(NC(P)C(=O)O)OCc1ccccc1. The number of benzene rings is 1. The van der Waals surface area contributed by atoms with Gasteiger partial charge in [0.1, 0.15) is 12.4 Å². The van der Waals surface area contributed by atoms with Gasteiger partial charge in [0.05, 0.1) is 0 Å². The lowest BCUT2D eigenvalue weighted by Crippen LogP contribution is -2.36. The number of aliphatic carboxylic acids is 1. The van der Waals surface area contributed by atoms with Crippen LogP contribution in [-0.2, 0) is 16.1 Å². The first-order chi connectivity index (χ1) is 9.32. The summed E-state index contributed by atoms with van der Waals surface area (Å²) < 4.78 is 4.82. The average molecular weight is 300 g/mol.